The van der Waals surface area contributed by atoms with Crippen molar-refractivity contribution >= 4 is 111 Å². The lowest BCUT2D eigenvalue weighted by atomic mass is 9.98. The molecular formula is C94H124F2N16O21S. The number of likely N-dealkylation sites (N-methyl/N-ethyl adjacent to an activating group) is 4. The number of unbranched alkanes of at least 4 members (excludes halogenated alkanes) is 1. The summed E-state index contributed by atoms with van der Waals surface area (Å²) in [5, 5.41) is 76.8. The highest BCUT2D eigenvalue weighted by Crippen LogP contribution is 2.34. The van der Waals surface area contributed by atoms with E-state index in [0.717, 1.165) is 66.0 Å². The van der Waals surface area contributed by atoms with Gasteiger partial charge in [0.25, 0.3) is 0 Å². The summed E-state index contributed by atoms with van der Waals surface area (Å²) in [6.45, 7) is 8.03. The van der Waals surface area contributed by atoms with Gasteiger partial charge in [-0.15, -0.1) is 11.8 Å². The molecule has 5 aromatic carbocycles. The number of phenols is 1. The third-order valence-electron chi connectivity index (χ3n) is 24.0. The molecule has 0 saturated carbocycles. The number of ether oxygens (including phenoxy) is 1. The van der Waals surface area contributed by atoms with E-state index in [4.69, 9.17) is 10.5 Å². The highest BCUT2D eigenvalue weighted by atomic mass is 32.2. The number of β-amino-alcohol motifs (C(OH)–C–C–N with tert-alkyl or cyclic N) is 2. The lowest BCUT2D eigenvalue weighted by Gasteiger charge is -2.38. The number of nitrogens with one attached hydrogen (secondary N) is 10. The average Bonchev–Trinajstić information content (AvgIpc) is 1.63. The minimum absolute atomic E-state index is 0.0140. The number of nitrogens with two attached hydrogens (primary N) is 1. The third-order valence-corrected chi connectivity index (χ3v) is 25.0. The van der Waals surface area contributed by atoms with Crippen LogP contribution >= 0.6 is 11.8 Å². The van der Waals surface area contributed by atoms with Crippen LogP contribution < -0.4 is 53.6 Å². The van der Waals surface area contributed by atoms with E-state index in [1.54, 1.807) is 121 Å². The van der Waals surface area contributed by atoms with E-state index in [1.165, 1.54) is 33.3 Å². The fourth-order valence-corrected chi connectivity index (χ4v) is 17.4. The molecule has 0 radical (unpaired) electrons. The largest absolute Gasteiger partial charge is 0.508 e. The second kappa shape index (κ2) is 50.0. The van der Waals surface area contributed by atoms with Crippen LogP contribution in [0, 0.1) is 23.5 Å². The maximum Gasteiger partial charge on any atom is 0.305 e. The number of aromatic amines is 1. The minimum atomic E-state index is -1.97. The number of phenolic OH excluding ortho intramolecular Hbond substituents is 1. The lowest BCUT2D eigenvalue weighted by Crippen LogP contribution is -2.61. The van der Waals surface area contributed by atoms with Crippen molar-refractivity contribution in [3.8, 4) is 5.75 Å². The SMILES string of the molecule is CCCC[C@@H](C(=O)N1C[C@@H](O)C[C@@H]1C(=O)N[C@@H](CC(=O)O)C(=O)N[C@H](C(=O)N(C)[C@@H](Cc1ccccc1)C(=O)N[C@@H](CCC(=O)O)C1OC1N1CC[C@H](O)C1)C(C)C)N(C)C(=O)[C@H](Cc1ccccc1)N(C)C(=O)[C@H](Cc1ccc(F)c(F)c1)NC(=O)CSC[C@H](NC(=O)[C@H](CC(C)C)NC(=O)[C@H](Cc1ccc(O)cc1)NC(=O)[C@H](Cc1c[nH]c2ccccc12)NC)C(=O)NCC(N)=O. The van der Waals surface area contributed by atoms with Gasteiger partial charge in [-0.1, -0.05) is 145 Å². The van der Waals surface area contributed by atoms with E-state index in [-0.39, 0.29) is 75.0 Å². The first-order valence-corrected chi connectivity index (χ1v) is 45.9. The molecule has 17 N–H and O–H groups in total. The highest BCUT2D eigenvalue weighted by molar-refractivity contribution is 8.00. The third kappa shape index (κ3) is 30.3. The number of epoxide rings is 1. The number of carbonyl (C=O) groups excluding carboxylic acids is 13. The maximum absolute atomic E-state index is 15.7. The Bertz CT molecular complexity index is 5100. The van der Waals surface area contributed by atoms with E-state index in [9.17, 15) is 87.5 Å². The molecule has 0 spiro atoms. The first-order chi connectivity index (χ1) is 63.7. The van der Waals surface area contributed by atoms with Gasteiger partial charge in [-0.3, -0.25) is 76.8 Å². The standard InChI is InChI=1S/C94H124F2N16O21S/c1-10-11-26-73(92(131)112-49-61(115)44-75(112)89(128)105-70(45-80(120)121)87(126)107-81(53(4)5)93(132)109(8)74(41-54-20-14-12-15-21-54)88(127)102-66(33-34-79(118)119)82-94(133-82)111-36-35-60(114)48-111)108(7)91(130)76(42-55-22-16-13-17-23-55)110(9)90(129)71(40-57-29-32-63(95)64(96)38-57)101-78(117)51-134-50-72(83(122)100-47-77(97)116)106-85(124)68(37-52(2)3)103-86(125)69(39-56-27-30-59(113)31-28-56)104-84(123)67(98-6)43-58-46-99-65-25-19-18-24-62(58)65/h12-25,27-32,38,46,52-53,60-61,66-76,81-82,94,98-99,113-115H,10-11,26,33-37,39-45,47-51H2,1-9H3,(H2,97,116)(H,100,122)(H,101,117)(H,102,127)(H,103,125)(H,104,123)(H,105,128)(H,106,124)(H,107,126)(H,118,119)(H,120,121)/t60-,61-,66-,67-,68-,69-,70-,71-,72-,73-,74-,75+,76-,81-,82?,94?/m0/s1. The van der Waals surface area contributed by atoms with Crippen LogP contribution in [0.15, 0.2) is 134 Å². The van der Waals surface area contributed by atoms with Crippen molar-refractivity contribution in [3.63, 3.8) is 0 Å². The number of para-hydroxylation sites is 1. The van der Waals surface area contributed by atoms with Crippen molar-refractivity contribution in [3.05, 3.63) is 173 Å². The molecule has 40 heteroatoms. The number of nitrogens with zero attached hydrogens (tertiary/aromatic N) is 5. The molecule has 1 aromatic heterocycles. The highest BCUT2D eigenvalue weighted by Gasteiger charge is 2.52. The fourth-order valence-electron chi connectivity index (χ4n) is 16.5. The summed E-state index contributed by atoms with van der Waals surface area (Å²) in [7, 11) is 5.43. The summed E-state index contributed by atoms with van der Waals surface area (Å²) in [4.78, 5) is 224. The molecular weight excluding hydrogens is 1760 g/mol. The number of amides is 13. The van der Waals surface area contributed by atoms with Gasteiger partial charge in [-0.25, -0.2) is 8.78 Å². The van der Waals surface area contributed by atoms with Crippen molar-refractivity contribution in [2.75, 3.05) is 65.9 Å². The molecule has 3 saturated heterocycles. The molecule has 3 aliphatic heterocycles. The zero-order chi connectivity index (χ0) is 97.9. The number of aromatic hydroxyl groups is 1. The summed E-state index contributed by atoms with van der Waals surface area (Å²) in [5.41, 5.74) is 8.67. The van der Waals surface area contributed by atoms with Crippen molar-refractivity contribution in [1.82, 2.24) is 77.3 Å². The Morgan fingerprint density at radius 1 is 0.582 bits per heavy atom. The first kappa shape index (κ1) is 105. The Balaban J connectivity index is 0.911. The first-order valence-electron chi connectivity index (χ1n) is 44.8. The topological polar surface area (TPSA) is 536 Å². The van der Waals surface area contributed by atoms with Crippen molar-refractivity contribution in [2.45, 2.75) is 222 Å². The Morgan fingerprint density at radius 2 is 1.17 bits per heavy atom. The molecule has 3 aliphatic rings. The van der Waals surface area contributed by atoms with Crippen molar-refractivity contribution in [1.29, 1.82) is 0 Å². The number of primary amides is 1. The van der Waals surface area contributed by atoms with Crippen molar-refractivity contribution in [2.24, 2.45) is 17.6 Å². The Hall–Kier alpha value is -12.5. The van der Waals surface area contributed by atoms with Crippen LogP contribution in [-0.2, 0) is 109 Å². The Morgan fingerprint density at radius 3 is 1.78 bits per heavy atom. The Kier molecular flexibility index (Phi) is 39.3. The van der Waals surface area contributed by atoms with Crippen molar-refractivity contribution < 1.29 is 111 Å². The van der Waals surface area contributed by atoms with E-state index < -0.39 is 247 Å². The summed E-state index contributed by atoms with van der Waals surface area (Å²) in [6, 6.07) is 15.9. The molecule has 4 heterocycles. The zero-order valence-electron chi connectivity index (χ0n) is 76.5. The molecule has 0 aliphatic carbocycles. The molecule has 16 atom stereocenters. The molecule has 0 bridgehead atoms. The molecule has 9 rings (SSSR count). The molecule has 13 amide bonds. The van der Waals surface area contributed by atoms with Crippen LogP contribution in [0.25, 0.3) is 10.9 Å². The number of carboxylic acids is 2. The lowest BCUT2D eigenvalue weighted by molar-refractivity contribution is -0.152. The number of thioether (sulfide) groups is 1. The number of rotatable bonds is 51. The number of aliphatic carboxylic acids is 2. The van der Waals surface area contributed by atoms with Crippen LogP contribution in [0.3, 0.4) is 0 Å². The molecule has 37 nitrogen and oxygen atoms in total. The molecule has 726 valence electrons. The summed E-state index contributed by atoms with van der Waals surface area (Å²) in [5.74, 6) is -19.2. The number of halogens is 2. The number of likely N-dealkylation sites (tertiary alicyclic amines) is 2. The summed E-state index contributed by atoms with van der Waals surface area (Å²) in [6.07, 6.45) is -3.13. The van der Waals surface area contributed by atoms with Gasteiger partial charge < -0.3 is 108 Å². The zero-order valence-corrected chi connectivity index (χ0v) is 77.3. The number of fused-ring (bicyclic) bond motifs is 1. The molecule has 6 aromatic rings. The van der Waals surface area contributed by atoms with Gasteiger partial charge in [0.15, 0.2) is 11.6 Å². The smallest absolute Gasteiger partial charge is 0.305 e. The Labute approximate surface area is 779 Å². The number of hydrogen-bond acceptors (Lipinski definition) is 22. The number of aromatic nitrogens is 1. The van der Waals surface area contributed by atoms with Gasteiger partial charge in [0, 0.05) is 102 Å². The monoisotopic (exact) mass is 1880 g/mol. The van der Waals surface area contributed by atoms with Gasteiger partial charge >= 0.3 is 11.9 Å². The number of carboxylic acid groups (broad SMARTS) is 2. The van der Waals surface area contributed by atoms with Gasteiger partial charge in [0.1, 0.15) is 78.5 Å². The van der Waals surface area contributed by atoms with Gasteiger partial charge in [-0.05, 0) is 109 Å². The predicted octanol–water partition coefficient (Wildman–Crippen LogP) is 1.45. The van der Waals surface area contributed by atoms with Crippen LogP contribution in [0.1, 0.15) is 120 Å². The molecule has 3 fully saturated rings. The van der Waals surface area contributed by atoms with Gasteiger partial charge in [-0.2, -0.15) is 0 Å². The number of hydrogen-bond donors (Lipinski definition) is 16. The number of H-pyrrole nitrogens is 1. The minimum Gasteiger partial charge on any atom is -0.508 e. The number of benzene rings is 5. The van der Waals surface area contributed by atoms with Crippen LogP contribution in [0.5, 0.6) is 5.75 Å². The number of aliphatic hydroxyl groups excluding tert-OH is 2. The second-order valence-electron chi connectivity index (χ2n) is 35.0. The van der Waals surface area contributed by atoms with Gasteiger partial charge in [0.05, 0.1) is 43.0 Å². The van der Waals surface area contributed by atoms with E-state index in [1.807, 2.05) is 29.2 Å². The van der Waals surface area contributed by atoms with Crippen LogP contribution in [-0.4, -0.2) is 307 Å². The number of carbonyl (C=O) groups is 15. The predicted molar refractivity (Wildman–Crippen MR) is 490 cm³/mol. The number of aliphatic hydroxyl groups is 2. The average molecular weight is 1880 g/mol. The van der Waals surface area contributed by atoms with Gasteiger partial charge in [0.2, 0.25) is 76.8 Å². The van der Waals surface area contributed by atoms with Crippen LogP contribution in [0.2, 0.25) is 0 Å². The second-order valence-corrected chi connectivity index (χ2v) is 36.1. The molecule has 134 heavy (non-hydrogen) atoms. The van der Waals surface area contributed by atoms with Crippen LogP contribution in [0.4, 0.5) is 8.78 Å². The van der Waals surface area contributed by atoms with E-state index in [2.05, 4.69) is 52.8 Å². The molecule has 2 unspecified atom stereocenters. The summed E-state index contributed by atoms with van der Waals surface area (Å²) >= 11 is 0.748. The normalized spacial score (nSPS) is 18.3. The quantitative estimate of drug-likeness (QED) is 0.0240. The summed E-state index contributed by atoms with van der Waals surface area (Å²) < 4.78 is 35.8. The van der Waals surface area contributed by atoms with E-state index >= 15 is 18.8 Å². The van der Waals surface area contributed by atoms with E-state index in [0.29, 0.717) is 42.6 Å². The maximum atomic E-state index is 15.7. The fraction of sp³-hybridized carbons (Fsp3) is 0.500.